The standard InChI is InChI=1S/C17H26ClNO2/c1-17(9-5-4-6-10-17)12-19-11-13-7-8-14(20-2)16(21-3)15(13)18/h7-8,19H,4-6,9-12H2,1-3H3. The molecule has 1 aromatic rings. The molecule has 1 N–H and O–H groups in total. The van der Waals surface area contributed by atoms with Crippen molar-refractivity contribution in [1.82, 2.24) is 5.32 Å². The summed E-state index contributed by atoms with van der Waals surface area (Å²) in [4.78, 5) is 0. The monoisotopic (exact) mass is 311 g/mol. The van der Waals surface area contributed by atoms with Gasteiger partial charge >= 0.3 is 0 Å². The van der Waals surface area contributed by atoms with Gasteiger partial charge in [-0.3, -0.25) is 0 Å². The first-order valence-electron chi connectivity index (χ1n) is 7.70. The van der Waals surface area contributed by atoms with Gasteiger partial charge in [-0.15, -0.1) is 0 Å². The third-order valence-electron chi connectivity index (χ3n) is 4.49. The number of nitrogens with one attached hydrogen (secondary N) is 1. The zero-order valence-corrected chi connectivity index (χ0v) is 14.1. The molecule has 0 heterocycles. The molecule has 1 fully saturated rings. The highest BCUT2D eigenvalue weighted by Crippen LogP contribution is 2.38. The Morgan fingerprint density at radius 3 is 2.48 bits per heavy atom. The largest absolute Gasteiger partial charge is 0.493 e. The van der Waals surface area contributed by atoms with E-state index in [1.807, 2.05) is 12.1 Å². The van der Waals surface area contributed by atoms with Crippen LogP contribution in [0, 0.1) is 5.41 Å². The van der Waals surface area contributed by atoms with Gasteiger partial charge in [0, 0.05) is 13.1 Å². The van der Waals surface area contributed by atoms with E-state index in [1.165, 1.54) is 32.1 Å². The summed E-state index contributed by atoms with van der Waals surface area (Å²) in [6.45, 7) is 4.18. The van der Waals surface area contributed by atoms with Crippen LogP contribution in [-0.4, -0.2) is 20.8 Å². The molecule has 3 nitrogen and oxygen atoms in total. The van der Waals surface area contributed by atoms with Gasteiger partial charge in [-0.1, -0.05) is 43.9 Å². The van der Waals surface area contributed by atoms with Gasteiger partial charge in [-0.2, -0.15) is 0 Å². The van der Waals surface area contributed by atoms with E-state index >= 15 is 0 Å². The number of ether oxygens (including phenoxy) is 2. The molecule has 21 heavy (non-hydrogen) atoms. The number of methoxy groups -OCH3 is 2. The fraction of sp³-hybridized carbons (Fsp3) is 0.647. The SMILES string of the molecule is COc1ccc(CNCC2(C)CCCCC2)c(Cl)c1OC. The van der Waals surface area contributed by atoms with Crippen LogP contribution >= 0.6 is 11.6 Å². The minimum absolute atomic E-state index is 0.432. The molecule has 0 atom stereocenters. The molecule has 0 bridgehead atoms. The number of rotatable bonds is 6. The molecule has 1 aliphatic rings. The van der Waals surface area contributed by atoms with Crippen molar-refractivity contribution in [2.24, 2.45) is 5.41 Å². The Labute approximate surface area is 133 Å². The summed E-state index contributed by atoms with van der Waals surface area (Å²) in [5.41, 5.74) is 1.48. The second-order valence-corrected chi connectivity index (χ2v) is 6.63. The van der Waals surface area contributed by atoms with Gasteiger partial charge in [-0.05, 0) is 29.9 Å². The van der Waals surface area contributed by atoms with E-state index in [-0.39, 0.29) is 0 Å². The maximum absolute atomic E-state index is 6.40. The maximum atomic E-state index is 6.40. The molecule has 0 amide bonds. The van der Waals surface area contributed by atoms with Crippen molar-refractivity contribution in [2.75, 3.05) is 20.8 Å². The number of hydrogen-bond acceptors (Lipinski definition) is 3. The topological polar surface area (TPSA) is 30.5 Å². The lowest BCUT2D eigenvalue weighted by molar-refractivity contribution is 0.207. The van der Waals surface area contributed by atoms with Crippen LogP contribution in [0.1, 0.15) is 44.6 Å². The van der Waals surface area contributed by atoms with Gasteiger partial charge in [0.1, 0.15) is 0 Å². The molecule has 0 aliphatic heterocycles. The summed E-state index contributed by atoms with van der Waals surface area (Å²) >= 11 is 6.40. The molecular formula is C17H26ClNO2. The van der Waals surface area contributed by atoms with E-state index in [1.54, 1.807) is 14.2 Å². The van der Waals surface area contributed by atoms with Crippen molar-refractivity contribution in [2.45, 2.75) is 45.6 Å². The van der Waals surface area contributed by atoms with Crippen LogP contribution in [0.25, 0.3) is 0 Å². The lowest BCUT2D eigenvalue weighted by atomic mass is 9.76. The number of benzene rings is 1. The molecule has 1 aliphatic carbocycles. The molecule has 0 unspecified atom stereocenters. The molecule has 4 heteroatoms. The minimum Gasteiger partial charge on any atom is -0.493 e. The van der Waals surface area contributed by atoms with Crippen molar-refractivity contribution in [1.29, 1.82) is 0 Å². The lowest BCUT2D eigenvalue weighted by Crippen LogP contribution is -2.33. The Morgan fingerprint density at radius 1 is 1.14 bits per heavy atom. The summed E-state index contributed by atoms with van der Waals surface area (Å²) < 4.78 is 10.6. The smallest absolute Gasteiger partial charge is 0.179 e. The summed E-state index contributed by atoms with van der Waals surface area (Å²) in [5, 5.41) is 4.20. The van der Waals surface area contributed by atoms with Crippen LogP contribution in [0.15, 0.2) is 12.1 Å². The van der Waals surface area contributed by atoms with E-state index in [9.17, 15) is 0 Å². The summed E-state index contributed by atoms with van der Waals surface area (Å²) in [6, 6.07) is 3.91. The van der Waals surface area contributed by atoms with Crippen molar-refractivity contribution >= 4 is 11.6 Å². The third-order valence-corrected chi connectivity index (χ3v) is 4.91. The molecule has 118 valence electrons. The summed E-state index contributed by atoms with van der Waals surface area (Å²) in [5.74, 6) is 1.29. The number of halogens is 1. The molecule has 2 rings (SSSR count). The summed E-state index contributed by atoms with van der Waals surface area (Å²) in [6.07, 6.45) is 6.74. The van der Waals surface area contributed by atoms with Crippen LogP contribution in [-0.2, 0) is 6.54 Å². The zero-order valence-electron chi connectivity index (χ0n) is 13.3. The van der Waals surface area contributed by atoms with Gasteiger partial charge in [0.15, 0.2) is 11.5 Å². The van der Waals surface area contributed by atoms with Gasteiger partial charge in [0.2, 0.25) is 0 Å². The van der Waals surface area contributed by atoms with E-state index in [4.69, 9.17) is 21.1 Å². The van der Waals surface area contributed by atoms with Crippen LogP contribution in [0.3, 0.4) is 0 Å². The molecule has 0 aromatic heterocycles. The van der Waals surface area contributed by atoms with E-state index in [2.05, 4.69) is 12.2 Å². The Bertz CT molecular complexity index is 470. The third kappa shape index (κ3) is 4.04. The van der Waals surface area contributed by atoms with Gasteiger partial charge in [0.25, 0.3) is 0 Å². The normalized spacial score (nSPS) is 17.5. The van der Waals surface area contributed by atoms with Crippen LogP contribution < -0.4 is 14.8 Å². The van der Waals surface area contributed by atoms with Crippen LogP contribution in [0.5, 0.6) is 11.5 Å². The van der Waals surface area contributed by atoms with Crippen molar-refractivity contribution in [3.8, 4) is 11.5 Å². The lowest BCUT2D eigenvalue weighted by Gasteiger charge is -2.33. The predicted octanol–water partition coefficient (Wildman–Crippen LogP) is 4.42. The molecule has 0 spiro atoms. The Hall–Kier alpha value is -0.930. The van der Waals surface area contributed by atoms with Gasteiger partial charge < -0.3 is 14.8 Å². The van der Waals surface area contributed by atoms with E-state index in [0.717, 1.165) is 18.7 Å². The molecule has 0 radical (unpaired) electrons. The first-order chi connectivity index (χ1) is 10.1. The minimum atomic E-state index is 0.432. The molecular weight excluding hydrogens is 286 g/mol. The second kappa shape index (κ2) is 7.37. The molecule has 1 saturated carbocycles. The van der Waals surface area contributed by atoms with Crippen molar-refractivity contribution in [3.05, 3.63) is 22.7 Å². The Morgan fingerprint density at radius 2 is 1.86 bits per heavy atom. The quantitative estimate of drug-likeness (QED) is 0.843. The van der Waals surface area contributed by atoms with E-state index in [0.29, 0.717) is 21.9 Å². The highest BCUT2D eigenvalue weighted by Gasteiger charge is 2.26. The summed E-state index contributed by atoms with van der Waals surface area (Å²) in [7, 11) is 3.24. The predicted molar refractivity (Wildman–Crippen MR) is 87.5 cm³/mol. The maximum Gasteiger partial charge on any atom is 0.179 e. The van der Waals surface area contributed by atoms with Gasteiger partial charge in [-0.25, -0.2) is 0 Å². The second-order valence-electron chi connectivity index (χ2n) is 6.25. The average molecular weight is 312 g/mol. The Balaban J connectivity index is 1.97. The fourth-order valence-corrected chi connectivity index (χ4v) is 3.45. The van der Waals surface area contributed by atoms with Crippen molar-refractivity contribution in [3.63, 3.8) is 0 Å². The first-order valence-corrected chi connectivity index (χ1v) is 8.07. The zero-order chi connectivity index (χ0) is 15.3. The number of hydrogen-bond donors (Lipinski definition) is 1. The Kier molecular flexibility index (Phi) is 5.77. The van der Waals surface area contributed by atoms with Crippen LogP contribution in [0.4, 0.5) is 0 Å². The first kappa shape index (κ1) is 16.4. The van der Waals surface area contributed by atoms with Crippen LogP contribution in [0.2, 0.25) is 5.02 Å². The molecule has 0 saturated heterocycles. The van der Waals surface area contributed by atoms with Gasteiger partial charge in [0.05, 0.1) is 19.2 Å². The van der Waals surface area contributed by atoms with Crippen molar-refractivity contribution < 1.29 is 9.47 Å². The highest BCUT2D eigenvalue weighted by atomic mass is 35.5. The fourth-order valence-electron chi connectivity index (χ4n) is 3.15. The van der Waals surface area contributed by atoms with E-state index < -0.39 is 0 Å². The molecule has 1 aromatic carbocycles. The highest BCUT2D eigenvalue weighted by molar-refractivity contribution is 6.33. The average Bonchev–Trinajstić information content (AvgIpc) is 2.49.